The second-order valence-corrected chi connectivity index (χ2v) is 4.34. The molecule has 6 heteroatoms. The Bertz CT molecular complexity index is 733. The highest BCUT2D eigenvalue weighted by Gasteiger charge is 2.07. The number of nitriles is 1. The molecule has 2 rings (SSSR count). The van der Waals surface area contributed by atoms with E-state index in [1.54, 1.807) is 42.5 Å². The molecule has 0 radical (unpaired) electrons. The molecule has 0 fully saturated rings. The van der Waals surface area contributed by atoms with E-state index in [0.717, 1.165) is 0 Å². The number of esters is 1. The third kappa shape index (κ3) is 3.61. The Kier molecular flexibility index (Phi) is 4.73. The lowest BCUT2D eigenvalue weighted by Gasteiger charge is -2.09. The predicted octanol–water partition coefficient (Wildman–Crippen LogP) is 2.10. The predicted molar refractivity (Wildman–Crippen MR) is 80.0 cm³/mol. The van der Waals surface area contributed by atoms with E-state index < -0.39 is 5.97 Å². The van der Waals surface area contributed by atoms with Gasteiger partial charge < -0.3 is 4.74 Å². The molecule has 0 saturated heterocycles. The van der Waals surface area contributed by atoms with Gasteiger partial charge in [-0.15, -0.1) is 0 Å². The number of benzene rings is 2. The third-order valence-corrected chi connectivity index (χ3v) is 2.88. The van der Waals surface area contributed by atoms with E-state index in [2.05, 4.69) is 15.6 Å². The Balaban J connectivity index is 1.99. The molecule has 0 bridgehead atoms. The molecule has 22 heavy (non-hydrogen) atoms. The molecule has 0 unspecified atom stereocenters. The molecule has 0 atom stereocenters. The van der Waals surface area contributed by atoms with Crippen LogP contribution in [0, 0.1) is 11.3 Å². The van der Waals surface area contributed by atoms with E-state index in [9.17, 15) is 9.59 Å². The molecule has 0 aliphatic heterocycles. The van der Waals surface area contributed by atoms with E-state index in [-0.39, 0.29) is 5.91 Å². The fourth-order valence-corrected chi connectivity index (χ4v) is 1.74. The van der Waals surface area contributed by atoms with Gasteiger partial charge in [0.15, 0.2) is 0 Å². The van der Waals surface area contributed by atoms with Crippen molar-refractivity contribution < 1.29 is 14.3 Å². The molecular weight excluding hydrogens is 282 g/mol. The van der Waals surface area contributed by atoms with Crippen LogP contribution in [0.5, 0.6) is 0 Å². The molecule has 6 nitrogen and oxygen atoms in total. The molecule has 0 saturated carbocycles. The first kappa shape index (κ1) is 15.1. The van der Waals surface area contributed by atoms with Crippen LogP contribution in [0.4, 0.5) is 5.69 Å². The average molecular weight is 295 g/mol. The van der Waals surface area contributed by atoms with E-state index >= 15 is 0 Å². The normalized spacial score (nSPS) is 9.45. The van der Waals surface area contributed by atoms with Crippen LogP contribution in [0.3, 0.4) is 0 Å². The molecule has 0 heterocycles. The Morgan fingerprint density at radius 2 is 1.82 bits per heavy atom. The number of rotatable bonds is 4. The Labute approximate surface area is 127 Å². The lowest BCUT2D eigenvalue weighted by Crippen LogP contribution is -2.29. The number of nitrogens with zero attached hydrogens (tertiary/aromatic N) is 1. The largest absolute Gasteiger partial charge is 0.465 e. The van der Waals surface area contributed by atoms with Crippen LogP contribution in [0.1, 0.15) is 26.3 Å². The zero-order valence-corrected chi connectivity index (χ0v) is 11.8. The van der Waals surface area contributed by atoms with Crippen molar-refractivity contribution in [2.24, 2.45) is 0 Å². The number of carbonyl (C=O) groups is 2. The zero-order valence-electron chi connectivity index (χ0n) is 11.8. The lowest BCUT2D eigenvalue weighted by atomic mass is 10.1. The van der Waals surface area contributed by atoms with Crippen LogP contribution < -0.4 is 10.9 Å². The Hall–Kier alpha value is -3.33. The minimum atomic E-state index is -0.427. The molecule has 1 amide bonds. The second kappa shape index (κ2) is 6.90. The van der Waals surface area contributed by atoms with Crippen molar-refractivity contribution in [2.45, 2.75) is 0 Å². The fraction of sp³-hybridized carbons (Fsp3) is 0.0625. The summed E-state index contributed by atoms with van der Waals surface area (Å²) >= 11 is 0. The second-order valence-electron chi connectivity index (χ2n) is 4.34. The maximum atomic E-state index is 12.0. The van der Waals surface area contributed by atoms with Crippen molar-refractivity contribution in [3.63, 3.8) is 0 Å². The maximum Gasteiger partial charge on any atom is 0.337 e. The smallest absolute Gasteiger partial charge is 0.337 e. The van der Waals surface area contributed by atoms with Gasteiger partial charge in [0.05, 0.1) is 30.0 Å². The van der Waals surface area contributed by atoms with Gasteiger partial charge in [-0.05, 0) is 42.5 Å². The fourth-order valence-electron chi connectivity index (χ4n) is 1.74. The number of hydrazine groups is 1. The van der Waals surface area contributed by atoms with Gasteiger partial charge in [0.25, 0.3) is 5.91 Å². The highest BCUT2D eigenvalue weighted by Crippen LogP contribution is 2.10. The minimum absolute atomic E-state index is 0.367. The van der Waals surface area contributed by atoms with Crippen LogP contribution in [-0.2, 0) is 4.74 Å². The van der Waals surface area contributed by atoms with E-state index in [4.69, 9.17) is 5.26 Å². The van der Waals surface area contributed by atoms with Crippen LogP contribution in [0.25, 0.3) is 0 Å². The quantitative estimate of drug-likeness (QED) is 0.666. The molecule has 0 aliphatic carbocycles. The standard InChI is InChI=1S/C16H13N3O3/c1-22-16(21)12-5-7-14(8-6-12)18-19-15(20)13-4-2-3-11(9-13)10-17/h2-9,18H,1H3,(H,19,20). The van der Waals surface area contributed by atoms with Gasteiger partial charge in [-0.2, -0.15) is 5.26 Å². The number of hydrogen-bond donors (Lipinski definition) is 2. The van der Waals surface area contributed by atoms with Crippen LogP contribution in [0.15, 0.2) is 48.5 Å². The van der Waals surface area contributed by atoms with Crippen molar-refractivity contribution in [2.75, 3.05) is 12.5 Å². The lowest BCUT2D eigenvalue weighted by molar-refractivity contribution is 0.0600. The molecule has 0 spiro atoms. The van der Waals surface area contributed by atoms with Gasteiger partial charge in [-0.25, -0.2) is 4.79 Å². The molecular formula is C16H13N3O3. The highest BCUT2D eigenvalue weighted by atomic mass is 16.5. The number of methoxy groups -OCH3 is 1. The summed E-state index contributed by atoms with van der Waals surface area (Å²) in [7, 11) is 1.31. The Morgan fingerprint density at radius 3 is 2.45 bits per heavy atom. The van der Waals surface area contributed by atoms with Gasteiger partial charge in [-0.1, -0.05) is 6.07 Å². The number of amides is 1. The highest BCUT2D eigenvalue weighted by molar-refractivity contribution is 5.95. The first-order valence-electron chi connectivity index (χ1n) is 6.39. The molecule has 0 aromatic heterocycles. The zero-order chi connectivity index (χ0) is 15.9. The molecule has 2 aromatic carbocycles. The van der Waals surface area contributed by atoms with Gasteiger partial charge in [-0.3, -0.25) is 15.6 Å². The summed E-state index contributed by atoms with van der Waals surface area (Å²) in [6.45, 7) is 0. The van der Waals surface area contributed by atoms with Gasteiger partial charge >= 0.3 is 5.97 Å². The summed E-state index contributed by atoms with van der Waals surface area (Å²) < 4.78 is 4.60. The van der Waals surface area contributed by atoms with E-state index in [1.807, 2.05) is 6.07 Å². The number of carbonyl (C=O) groups excluding carboxylic acids is 2. The van der Waals surface area contributed by atoms with Crippen molar-refractivity contribution in [1.82, 2.24) is 5.43 Å². The van der Waals surface area contributed by atoms with Crippen LogP contribution in [0.2, 0.25) is 0 Å². The van der Waals surface area contributed by atoms with Crippen molar-refractivity contribution in [3.05, 3.63) is 65.2 Å². The summed E-state index contributed by atoms with van der Waals surface area (Å²) in [6.07, 6.45) is 0. The molecule has 0 aliphatic rings. The van der Waals surface area contributed by atoms with E-state index in [1.165, 1.54) is 13.2 Å². The molecule has 2 aromatic rings. The average Bonchev–Trinajstić information content (AvgIpc) is 2.59. The molecule has 110 valence electrons. The van der Waals surface area contributed by atoms with Crippen molar-refractivity contribution in [3.8, 4) is 6.07 Å². The van der Waals surface area contributed by atoms with Crippen molar-refractivity contribution >= 4 is 17.6 Å². The summed E-state index contributed by atoms with van der Waals surface area (Å²) in [5.41, 5.74) is 7.06. The summed E-state index contributed by atoms with van der Waals surface area (Å²) in [5.74, 6) is -0.793. The monoisotopic (exact) mass is 295 g/mol. The minimum Gasteiger partial charge on any atom is -0.465 e. The number of ether oxygens (including phenoxy) is 1. The SMILES string of the molecule is COC(=O)c1ccc(NNC(=O)c2cccc(C#N)c2)cc1. The number of anilines is 1. The number of hydrogen-bond acceptors (Lipinski definition) is 5. The third-order valence-electron chi connectivity index (χ3n) is 2.88. The molecule has 2 N–H and O–H groups in total. The summed E-state index contributed by atoms with van der Waals surface area (Å²) in [4.78, 5) is 23.2. The van der Waals surface area contributed by atoms with E-state index in [0.29, 0.717) is 22.4 Å². The van der Waals surface area contributed by atoms with Gasteiger partial charge in [0.2, 0.25) is 0 Å². The van der Waals surface area contributed by atoms with Crippen molar-refractivity contribution in [1.29, 1.82) is 5.26 Å². The first-order valence-corrected chi connectivity index (χ1v) is 6.39. The first-order chi connectivity index (χ1) is 10.6. The maximum absolute atomic E-state index is 12.0. The summed E-state index contributed by atoms with van der Waals surface area (Å²) in [6, 6.07) is 14.8. The van der Waals surface area contributed by atoms with Crippen LogP contribution >= 0.6 is 0 Å². The van der Waals surface area contributed by atoms with Gasteiger partial charge in [0, 0.05) is 5.56 Å². The van der Waals surface area contributed by atoms with Crippen LogP contribution in [-0.4, -0.2) is 19.0 Å². The van der Waals surface area contributed by atoms with Gasteiger partial charge in [0.1, 0.15) is 0 Å². The Morgan fingerprint density at radius 1 is 1.09 bits per heavy atom. The summed E-state index contributed by atoms with van der Waals surface area (Å²) in [5, 5.41) is 8.81. The topological polar surface area (TPSA) is 91.2 Å². The number of nitrogens with one attached hydrogen (secondary N) is 2.